The van der Waals surface area contributed by atoms with Crippen LogP contribution in [-0.4, -0.2) is 15.7 Å². The van der Waals surface area contributed by atoms with Gasteiger partial charge in [0.05, 0.1) is 22.6 Å². The molecule has 0 aliphatic carbocycles. The molecule has 134 valence electrons. The van der Waals surface area contributed by atoms with Crippen molar-refractivity contribution in [2.75, 3.05) is 5.32 Å². The first-order valence-corrected chi connectivity index (χ1v) is 7.87. The van der Waals surface area contributed by atoms with Crippen LogP contribution < -0.4 is 5.32 Å². The second-order valence-electron chi connectivity index (χ2n) is 5.89. The zero-order chi connectivity index (χ0) is 18.9. The summed E-state index contributed by atoms with van der Waals surface area (Å²) in [5, 5.41) is 7.06. The zero-order valence-electron chi connectivity index (χ0n) is 14.1. The summed E-state index contributed by atoms with van der Waals surface area (Å²) in [5.74, 6) is -0.620. The van der Waals surface area contributed by atoms with E-state index in [1.807, 2.05) is 19.9 Å². The molecule has 0 bridgehead atoms. The molecule has 26 heavy (non-hydrogen) atoms. The van der Waals surface area contributed by atoms with Crippen LogP contribution in [0.1, 0.15) is 27.3 Å². The first kappa shape index (κ1) is 17.7. The van der Waals surface area contributed by atoms with Crippen LogP contribution in [0.25, 0.3) is 5.69 Å². The number of aromatic nitrogens is 2. The number of hydrogen-bond donors (Lipinski definition) is 1. The second kappa shape index (κ2) is 6.67. The third-order valence-corrected chi connectivity index (χ3v) is 3.84. The fraction of sp³-hybridized carbons (Fsp3) is 0.158. The molecule has 0 radical (unpaired) electrons. The summed E-state index contributed by atoms with van der Waals surface area (Å²) in [6, 6.07) is 13.2. The molecule has 4 nitrogen and oxygen atoms in total. The molecule has 0 atom stereocenters. The van der Waals surface area contributed by atoms with Crippen molar-refractivity contribution < 1.29 is 18.0 Å². The van der Waals surface area contributed by atoms with Gasteiger partial charge in [-0.05, 0) is 50.2 Å². The molecular formula is C19H16F3N3O. The Labute approximate surface area is 148 Å². The molecule has 7 heteroatoms. The number of rotatable bonds is 3. The molecular weight excluding hydrogens is 343 g/mol. The Kier molecular flexibility index (Phi) is 4.54. The molecule has 2 aromatic carbocycles. The van der Waals surface area contributed by atoms with Gasteiger partial charge in [-0.1, -0.05) is 18.2 Å². The minimum absolute atomic E-state index is 0.0667. The van der Waals surface area contributed by atoms with Gasteiger partial charge in [0.15, 0.2) is 0 Å². The maximum absolute atomic E-state index is 12.8. The van der Waals surface area contributed by atoms with E-state index in [1.54, 1.807) is 28.9 Å². The van der Waals surface area contributed by atoms with Crippen LogP contribution in [-0.2, 0) is 6.18 Å². The lowest BCUT2D eigenvalue weighted by Crippen LogP contribution is -2.15. The summed E-state index contributed by atoms with van der Waals surface area (Å²) < 4.78 is 40.2. The molecule has 3 rings (SSSR count). The van der Waals surface area contributed by atoms with Crippen LogP contribution in [0.5, 0.6) is 0 Å². The van der Waals surface area contributed by atoms with Crippen LogP contribution in [0.2, 0.25) is 0 Å². The number of amides is 1. The van der Waals surface area contributed by atoms with Crippen molar-refractivity contribution in [1.82, 2.24) is 9.78 Å². The lowest BCUT2D eigenvalue weighted by atomic mass is 10.1. The van der Waals surface area contributed by atoms with Crippen molar-refractivity contribution in [1.29, 1.82) is 0 Å². The summed E-state index contributed by atoms with van der Waals surface area (Å²) in [7, 11) is 0. The topological polar surface area (TPSA) is 46.9 Å². The van der Waals surface area contributed by atoms with Gasteiger partial charge >= 0.3 is 6.18 Å². The molecule has 0 saturated heterocycles. The van der Waals surface area contributed by atoms with E-state index in [0.717, 1.165) is 23.5 Å². The van der Waals surface area contributed by atoms with Gasteiger partial charge in [-0.3, -0.25) is 4.79 Å². The minimum atomic E-state index is -4.50. The highest BCUT2D eigenvalue weighted by atomic mass is 19.4. The van der Waals surface area contributed by atoms with E-state index in [9.17, 15) is 18.0 Å². The first-order chi connectivity index (χ1) is 12.3. The van der Waals surface area contributed by atoms with Crippen molar-refractivity contribution >= 4 is 11.6 Å². The van der Waals surface area contributed by atoms with E-state index in [-0.39, 0.29) is 5.56 Å². The Hall–Kier alpha value is -3.09. The van der Waals surface area contributed by atoms with Crippen molar-refractivity contribution in [2.24, 2.45) is 0 Å². The van der Waals surface area contributed by atoms with Gasteiger partial charge in [0, 0.05) is 11.3 Å². The van der Waals surface area contributed by atoms with Gasteiger partial charge < -0.3 is 5.32 Å². The maximum Gasteiger partial charge on any atom is 0.416 e. The van der Waals surface area contributed by atoms with Crippen molar-refractivity contribution in [3.05, 3.63) is 77.1 Å². The van der Waals surface area contributed by atoms with Gasteiger partial charge in [0.25, 0.3) is 5.91 Å². The largest absolute Gasteiger partial charge is 0.416 e. The molecule has 0 aliphatic heterocycles. The maximum atomic E-state index is 12.8. The number of nitrogens with zero attached hydrogens (tertiary/aromatic N) is 2. The van der Waals surface area contributed by atoms with Gasteiger partial charge in [-0.2, -0.15) is 18.3 Å². The number of aryl methyl sites for hydroxylation is 2. The Morgan fingerprint density at radius 2 is 1.77 bits per heavy atom. The van der Waals surface area contributed by atoms with E-state index in [0.29, 0.717) is 11.4 Å². The molecule has 0 saturated carbocycles. The first-order valence-electron chi connectivity index (χ1n) is 7.87. The number of carbonyl (C=O) groups excluding carboxylic acids is 1. The highest BCUT2D eigenvalue weighted by Crippen LogP contribution is 2.30. The zero-order valence-corrected chi connectivity index (χ0v) is 14.1. The highest BCUT2D eigenvalue weighted by Gasteiger charge is 2.31. The SMILES string of the molecule is Cc1cc(C)n(-c2ccccc2NC(=O)c2cccc(C(F)(F)F)c2)n1. The Morgan fingerprint density at radius 3 is 2.42 bits per heavy atom. The molecule has 1 aromatic heterocycles. The quantitative estimate of drug-likeness (QED) is 0.733. The third kappa shape index (κ3) is 3.61. The smallest absolute Gasteiger partial charge is 0.320 e. The van der Waals surface area contributed by atoms with E-state index >= 15 is 0 Å². The van der Waals surface area contributed by atoms with Crippen molar-refractivity contribution in [3.8, 4) is 5.69 Å². The predicted molar refractivity (Wildman–Crippen MR) is 92.4 cm³/mol. The lowest BCUT2D eigenvalue weighted by Gasteiger charge is -2.13. The number of alkyl halides is 3. The van der Waals surface area contributed by atoms with Gasteiger partial charge in [-0.25, -0.2) is 4.68 Å². The van der Waals surface area contributed by atoms with Crippen molar-refractivity contribution in [2.45, 2.75) is 20.0 Å². The monoisotopic (exact) mass is 359 g/mol. The number of para-hydroxylation sites is 2. The molecule has 3 aromatic rings. The fourth-order valence-electron chi connectivity index (χ4n) is 2.67. The van der Waals surface area contributed by atoms with Crippen LogP contribution in [0.3, 0.4) is 0 Å². The lowest BCUT2D eigenvalue weighted by molar-refractivity contribution is -0.137. The molecule has 1 amide bonds. The summed E-state index contributed by atoms with van der Waals surface area (Å²) in [5.41, 5.74) is 1.87. The van der Waals surface area contributed by atoms with E-state index in [2.05, 4.69) is 10.4 Å². The second-order valence-corrected chi connectivity index (χ2v) is 5.89. The average Bonchev–Trinajstić information content (AvgIpc) is 2.93. The average molecular weight is 359 g/mol. The number of nitrogens with one attached hydrogen (secondary N) is 1. The molecule has 1 heterocycles. The Morgan fingerprint density at radius 1 is 1.04 bits per heavy atom. The van der Waals surface area contributed by atoms with E-state index in [1.165, 1.54) is 12.1 Å². The van der Waals surface area contributed by atoms with Crippen LogP contribution in [0, 0.1) is 13.8 Å². The number of anilines is 1. The Bertz CT molecular complexity index is 961. The number of halogens is 3. The third-order valence-electron chi connectivity index (χ3n) is 3.84. The van der Waals surface area contributed by atoms with Crippen LogP contribution in [0.15, 0.2) is 54.6 Å². The molecule has 0 unspecified atom stereocenters. The molecule has 0 spiro atoms. The summed E-state index contributed by atoms with van der Waals surface area (Å²) >= 11 is 0. The normalized spacial score (nSPS) is 11.4. The minimum Gasteiger partial charge on any atom is -0.320 e. The van der Waals surface area contributed by atoms with Gasteiger partial charge in [-0.15, -0.1) is 0 Å². The number of benzene rings is 2. The van der Waals surface area contributed by atoms with Crippen LogP contribution in [0.4, 0.5) is 18.9 Å². The molecule has 0 aliphatic rings. The summed E-state index contributed by atoms with van der Waals surface area (Å²) in [6.45, 7) is 3.73. The van der Waals surface area contributed by atoms with E-state index < -0.39 is 17.6 Å². The number of carbonyl (C=O) groups is 1. The molecule has 1 N–H and O–H groups in total. The highest BCUT2D eigenvalue weighted by molar-refractivity contribution is 6.05. The fourth-order valence-corrected chi connectivity index (χ4v) is 2.67. The predicted octanol–water partition coefficient (Wildman–Crippen LogP) is 4.76. The van der Waals surface area contributed by atoms with Gasteiger partial charge in [0.1, 0.15) is 0 Å². The summed E-state index contributed by atoms with van der Waals surface area (Å²) in [4.78, 5) is 12.5. The standard InChI is InChI=1S/C19H16F3N3O/c1-12-10-13(2)25(24-12)17-9-4-3-8-16(17)23-18(26)14-6-5-7-15(11-14)19(20,21)22/h3-11H,1-2H3,(H,23,26). The molecule has 0 fully saturated rings. The Balaban J connectivity index is 1.93. The van der Waals surface area contributed by atoms with Gasteiger partial charge in [0.2, 0.25) is 0 Å². The summed E-state index contributed by atoms with van der Waals surface area (Å²) in [6.07, 6.45) is -4.50. The van der Waals surface area contributed by atoms with Crippen molar-refractivity contribution in [3.63, 3.8) is 0 Å². The number of hydrogen-bond acceptors (Lipinski definition) is 2. The van der Waals surface area contributed by atoms with E-state index in [4.69, 9.17) is 0 Å². The van der Waals surface area contributed by atoms with Crippen LogP contribution >= 0.6 is 0 Å².